The van der Waals surface area contributed by atoms with Crippen LogP contribution in [0.15, 0.2) is 4.90 Å². The van der Waals surface area contributed by atoms with Gasteiger partial charge in [-0.3, -0.25) is 5.10 Å². The second-order valence-electron chi connectivity index (χ2n) is 5.36. The minimum Gasteiger partial charge on any atom is -0.314 e. The molecule has 1 aromatic rings. The third kappa shape index (κ3) is 4.50. The summed E-state index contributed by atoms with van der Waals surface area (Å²) >= 11 is 0. The van der Waals surface area contributed by atoms with Crippen molar-refractivity contribution in [3.63, 3.8) is 0 Å². The molecule has 1 rings (SSSR count). The maximum absolute atomic E-state index is 12.9. The van der Waals surface area contributed by atoms with E-state index >= 15 is 0 Å². The van der Waals surface area contributed by atoms with E-state index in [1.54, 1.807) is 18.3 Å². The van der Waals surface area contributed by atoms with Gasteiger partial charge in [0.05, 0.1) is 11.4 Å². The van der Waals surface area contributed by atoms with Crippen molar-refractivity contribution in [2.45, 2.75) is 31.7 Å². The number of nitrogens with zero attached hydrogens (tertiary/aromatic N) is 3. The highest BCUT2D eigenvalue weighted by atomic mass is 32.2. The van der Waals surface area contributed by atoms with Crippen LogP contribution in [0, 0.1) is 6.92 Å². The first kappa shape index (κ1) is 18.1. The molecule has 21 heavy (non-hydrogen) atoms. The first-order chi connectivity index (χ1) is 9.84. The number of sulfonamides is 1. The maximum atomic E-state index is 12.9. The molecular formula is C13H27N5O2S. The molecule has 0 amide bonds. The van der Waals surface area contributed by atoms with Gasteiger partial charge in [0, 0.05) is 26.2 Å². The second-order valence-corrected chi connectivity index (χ2v) is 7.24. The summed E-state index contributed by atoms with van der Waals surface area (Å²) in [5, 5.41) is 9.85. The summed E-state index contributed by atoms with van der Waals surface area (Å²) < 4.78 is 27.4. The summed E-state index contributed by atoms with van der Waals surface area (Å²) in [6, 6.07) is 0. The van der Waals surface area contributed by atoms with Gasteiger partial charge in [0.25, 0.3) is 0 Å². The molecule has 2 N–H and O–H groups in total. The normalized spacial score (nSPS) is 12.5. The Balaban J connectivity index is 3.13. The zero-order chi connectivity index (χ0) is 16.0. The first-order valence-electron chi connectivity index (χ1n) is 7.17. The molecule has 8 heteroatoms. The molecule has 0 aliphatic rings. The van der Waals surface area contributed by atoms with Crippen molar-refractivity contribution >= 4 is 10.0 Å². The fraction of sp³-hybridized carbons (Fsp3) is 0.769. The van der Waals surface area contributed by atoms with E-state index in [4.69, 9.17) is 0 Å². The van der Waals surface area contributed by atoms with Crippen LogP contribution in [0.25, 0.3) is 0 Å². The average Bonchev–Trinajstić information content (AvgIpc) is 2.76. The number of nitrogens with one attached hydrogen (secondary N) is 2. The minimum atomic E-state index is -3.53. The maximum Gasteiger partial charge on any atom is 0.246 e. The SMILES string of the molecule is CCCN(CCN(C)C)S(=O)(=O)c1c(CNC)n[nH]c1C. The summed E-state index contributed by atoms with van der Waals surface area (Å²) in [6.45, 7) is 5.83. The molecular weight excluding hydrogens is 290 g/mol. The molecule has 0 unspecified atom stereocenters. The van der Waals surface area contributed by atoms with Crippen molar-refractivity contribution < 1.29 is 8.42 Å². The van der Waals surface area contributed by atoms with Crippen molar-refractivity contribution in [1.82, 2.24) is 24.7 Å². The topological polar surface area (TPSA) is 81.3 Å². The van der Waals surface area contributed by atoms with E-state index in [2.05, 4.69) is 15.5 Å². The summed E-state index contributed by atoms with van der Waals surface area (Å²) in [6.07, 6.45) is 0.783. The lowest BCUT2D eigenvalue weighted by atomic mass is 10.4. The molecule has 122 valence electrons. The van der Waals surface area contributed by atoms with Crippen LogP contribution in [0.1, 0.15) is 24.7 Å². The third-order valence-corrected chi connectivity index (χ3v) is 5.28. The molecule has 0 radical (unpaired) electrons. The van der Waals surface area contributed by atoms with Crippen LogP contribution in [-0.2, 0) is 16.6 Å². The molecule has 0 atom stereocenters. The molecule has 1 aromatic heterocycles. The van der Waals surface area contributed by atoms with Crippen LogP contribution in [0.2, 0.25) is 0 Å². The molecule has 0 fully saturated rings. The van der Waals surface area contributed by atoms with Crippen molar-refractivity contribution in [3.05, 3.63) is 11.4 Å². The van der Waals surface area contributed by atoms with E-state index in [1.165, 1.54) is 0 Å². The van der Waals surface area contributed by atoms with Crippen LogP contribution in [0.3, 0.4) is 0 Å². The largest absolute Gasteiger partial charge is 0.314 e. The van der Waals surface area contributed by atoms with Crippen molar-refractivity contribution in [1.29, 1.82) is 0 Å². The van der Waals surface area contributed by atoms with Gasteiger partial charge in [-0.25, -0.2) is 8.42 Å². The smallest absolute Gasteiger partial charge is 0.246 e. The van der Waals surface area contributed by atoms with E-state index in [9.17, 15) is 8.42 Å². The number of aromatic nitrogens is 2. The van der Waals surface area contributed by atoms with Crippen LogP contribution in [-0.4, -0.2) is 68.6 Å². The highest BCUT2D eigenvalue weighted by molar-refractivity contribution is 7.89. The van der Waals surface area contributed by atoms with E-state index < -0.39 is 10.0 Å². The minimum absolute atomic E-state index is 0.309. The molecule has 0 spiro atoms. The number of rotatable bonds is 9. The number of aryl methyl sites for hydroxylation is 1. The zero-order valence-corrected chi connectivity index (χ0v) is 14.4. The van der Waals surface area contributed by atoms with Gasteiger partial charge in [-0.15, -0.1) is 0 Å². The van der Waals surface area contributed by atoms with Gasteiger partial charge in [0.1, 0.15) is 4.90 Å². The Kier molecular flexibility index (Phi) is 6.79. The van der Waals surface area contributed by atoms with Gasteiger partial charge in [0.15, 0.2) is 0 Å². The van der Waals surface area contributed by atoms with Gasteiger partial charge in [-0.2, -0.15) is 9.40 Å². The quantitative estimate of drug-likeness (QED) is 0.689. The Bertz CT molecular complexity index is 539. The fourth-order valence-corrected chi connectivity index (χ4v) is 3.99. The van der Waals surface area contributed by atoms with E-state index in [0.717, 1.165) is 6.42 Å². The Morgan fingerprint density at radius 2 is 1.90 bits per heavy atom. The van der Waals surface area contributed by atoms with E-state index in [-0.39, 0.29) is 0 Å². The lowest BCUT2D eigenvalue weighted by molar-refractivity contribution is 0.332. The number of aromatic amines is 1. The van der Waals surface area contributed by atoms with Crippen LogP contribution in [0.4, 0.5) is 0 Å². The van der Waals surface area contributed by atoms with Gasteiger partial charge < -0.3 is 10.2 Å². The summed E-state index contributed by atoms with van der Waals surface area (Å²) in [5.74, 6) is 0. The average molecular weight is 317 g/mol. The molecule has 0 saturated carbocycles. The summed E-state index contributed by atoms with van der Waals surface area (Å²) in [5.41, 5.74) is 1.13. The first-order valence-corrected chi connectivity index (χ1v) is 8.61. The van der Waals surface area contributed by atoms with Crippen molar-refractivity contribution in [3.8, 4) is 0 Å². The van der Waals surface area contributed by atoms with Gasteiger partial charge in [-0.1, -0.05) is 6.92 Å². The Labute approximate surface area is 127 Å². The van der Waals surface area contributed by atoms with E-state index in [0.29, 0.717) is 42.5 Å². The lowest BCUT2D eigenvalue weighted by Crippen LogP contribution is -2.37. The van der Waals surface area contributed by atoms with Crippen LogP contribution >= 0.6 is 0 Å². The van der Waals surface area contributed by atoms with Gasteiger partial charge >= 0.3 is 0 Å². The number of hydrogen-bond acceptors (Lipinski definition) is 5. The van der Waals surface area contributed by atoms with Gasteiger partial charge in [0.2, 0.25) is 10.0 Å². The Morgan fingerprint density at radius 1 is 1.24 bits per heavy atom. The second kappa shape index (κ2) is 7.88. The third-order valence-electron chi connectivity index (χ3n) is 3.17. The Hall–Kier alpha value is -0.960. The molecule has 0 aliphatic carbocycles. The molecule has 0 bridgehead atoms. The van der Waals surface area contributed by atoms with E-state index in [1.807, 2.05) is 25.9 Å². The molecule has 0 aliphatic heterocycles. The molecule has 0 aromatic carbocycles. The molecule has 0 saturated heterocycles. The van der Waals surface area contributed by atoms with Crippen molar-refractivity contribution in [2.75, 3.05) is 40.8 Å². The predicted octanol–water partition coefficient (Wildman–Crippen LogP) is 0.400. The Morgan fingerprint density at radius 3 is 2.43 bits per heavy atom. The number of likely N-dealkylation sites (N-methyl/N-ethyl adjacent to an activating group) is 1. The lowest BCUT2D eigenvalue weighted by Gasteiger charge is -2.23. The molecule has 7 nitrogen and oxygen atoms in total. The predicted molar refractivity (Wildman–Crippen MR) is 83.7 cm³/mol. The standard InChI is InChI=1S/C13H27N5O2S/c1-6-7-18(9-8-17(4)5)21(19,20)13-11(2)15-16-12(13)10-14-3/h14H,6-10H2,1-5H3,(H,15,16). The number of H-pyrrole nitrogens is 1. The van der Waals surface area contributed by atoms with Crippen LogP contribution < -0.4 is 5.32 Å². The van der Waals surface area contributed by atoms with Gasteiger partial charge in [-0.05, 0) is 34.5 Å². The number of hydrogen-bond donors (Lipinski definition) is 2. The summed E-state index contributed by atoms with van der Waals surface area (Å²) in [7, 11) is 2.12. The molecule has 1 heterocycles. The van der Waals surface area contributed by atoms with Crippen molar-refractivity contribution in [2.24, 2.45) is 0 Å². The fourth-order valence-electron chi connectivity index (χ4n) is 2.14. The highest BCUT2D eigenvalue weighted by Gasteiger charge is 2.30. The monoisotopic (exact) mass is 317 g/mol. The zero-order valence-electron chi connectivity index (χ0n) is 13.6. The summed E-state index contributed by atoms with van der Waals surface area (Å²) in [4.78, 5) is 2.29. The highest BCUT2D eigenvalue weighted by Crippen LogP contribution is 2.22. The van der Waals surface area contributed by atoms with Crippen LogP contribution in [0.5, 0.6) is 0 Å².